The zero-order valence-corrected chi connectivity index (χ0v) is 20.8. The number of urea groups is 1. The van der Waals surface area contributed by atoms with Gasteiger partial charge in [-0.3, -0.25) is 4.79 Å². The predicted octanol–water partition coefficient (Wildman–Crippen LogP) is 5.42. The quantitative estimate of drug-likeness (QED) is 0.492. The van der Waals surface area contributed by atoms with Gasteiger partial charge in [-0.05, 0) is 75.7 Å². The van der Waals surface area contributed by atoms with Crippen LogP contribution < -0.4 is 15.5 Å². The summed E-state index contributed by atoms with van der Waals surface area (Å²) in [7, 11) is 3.91. The average molecular weight is 463 g/mol. The molecule has 3 rings (SSSR count). The lowest BCUT2D eigenvalue weighted by atomic mass is 10.1. The topological polar surface area (TPSA) is 77.8 Å². The number of nitrogens with one attached hydrogen (secondary N) is 2. The SMILES string of the molecule is Cc1cccc(C(=O)N(Cc2ccco2)Cc2cc(NC(=O)NC(C)(C)C)ccc2N(C)C)c1. The molecule has 180 valence electrons. The smallest absolute Gasteiger partial charge is 0.319 e. The van der Waals surface area contributed by atoms with E-state index in [0.717, 1.165) is 16.8 Å². The molecule has 3 amide bonds. The van der Waals surface area contributed by atoms with Crippen molar-refractivity contribution in [3.8, 4) is 0 Å². The average Bonchev–Trinajstić information content (AvgIpc) is 3.24. The molecule has 7 heteroatoms. The molecule has 0 saturated heterocycles. The van der Waals surface area contributed by atoms with E-state index in [0.29, 0.717) is 30.1 Å². The fourth-order valence-electron chi connectivity index (χ4n) is 3.69. The van der Waals surface area contributed by atoms with Crippen LogP contribution in [0.3, 0.4) is 0 Å². The zero-order valence-electron chi connectivity index (χ0n) is 20.8. The van der Waals surface area contributed by atoms with Crippen molar-refractivity contribution in [1.82, 2.24) is 10.2 Å². The molecule has 2 aromatic carbocycles. The summed E-state index contributed by atoms with van der Waals surface area (Å²) in [6.45, 7) is 8.42. The highest BCUT2D eigenvalue weighted by molar-refractivity contribution is 5.94. The predicted molar refractivity (Wildman–Crippen MR) is 136 cm³/mol. The Hall–Kier alpha value is -3.74. The lowest BCUT2D eigenvalue weighted by Gasteiger charge is -2.26. The fourth-order valence-corrected chi connectivity index (χ4v) is 3.69. The number of hydrogen-bond acceptors (Lipinski definition) is 4. The molecule has 0 spiro atoms. The first-order valence-corrected chi connectivity index (χ1v) is 11.3. The summed E-state index contributed by atoms with van der Waals surface area (Å²) < 4.78 is 5.54. The number of rotatable bonds is 7. The highest BCUT2D eigenvalue weighted by Crippen LogP contribution is 2.26. The Morgan fingerprint density at radius 1 is 0.971 bits per heavy atom. The largest absolute Gasteiger partial charge is 0.467 e. The Balaban J connectivity index is 1.93. The van der Waals surface area contributed by atoms with Gasteiger partial charge in [-0.2, -0.15) is 0 Å². The standard InChI is InChI=1S/C27H34N4O3/c1-19-9-7-10-20(15-19)25(32)31(18-23-11-8-14-34-23)17-21-16-22(12-13-24(21)30(5)6)28-26(33)29-27(2,3)4/h7-16H,17-18H2,1-6H3,(H2,28,29,33). The van der Waals surface area contributed by atoms with Crippen molar-refractivity contribution in [2.75, 3.05) is 24.3 Å². The molecule has 34 heavy (non-hydrogen) atoms. The van der Waals surface area contributed by atoms with Gasteiger partial charge >= 0.3 is 6.03 Å². The van der Waals surface area contributed by atoms with Crippen LogP contribution in [0, 0.1) is 6.92 Å². The number of benzene rings is 2. The van der Waals surface area contributed by atoms with Gasteiger partial charge in [-0.15, -0.1) is 0 Å². The molecule has 1 heterocycles. The van der Waals surface area contributed by atoms with Crippen LogP contribution in [0.25, 0.3) is 0 Å². The van der Waals surface area contributed by atoms with E-state index in [1.165, 1.54) is 0 Å². The second-order valence-electron chi connectivity index (χ2n) is 9.68. The van der Waals surface area contributed by atoms with Gasteiger partial charge in [-0.25, -0.2) is 4.79 Å². The van der Waals surface area contributed by atoms with E-state index < -0.39 is 0 Å². The van der Waals surface area contributed by atoms with Crippen molar-refractivity contribution in [2.45, 2.75) is 46.3 Å². The number of aryl methyl sites for hydroxylation is 1. The summed E-state index contributed by atoms with van der Waals surface area (Å²) in [6.07, 6.45) is 1.61. The van der Waals surface area contributed by atoms with Gasteiger partial charge in [0.25, 0.3) is 5.91 Å². The van der Waals surface area contributed by atoms with E-state index in [-0.39, 0.29) is 17.5 Å². The summed E-state index contributed by atoms with van der Waals surface area (Å²) >= 11 is 0. The van der Waals surface area contributed by atoms with Crippen molar-refractivity contribution in [2.24, 2.45) is 0 Å². The minimum absolute atomic E-state index is 0.0892. The Morgan fingerprint density at radius 3 is 2.35 bits per heavy atom. The maximum absolute atomic E-state index is 13.5. The molecule has 0 aliphatic heterocycles. The van der Waals surface area contributed by atoms with Crippen molar-refractivity contribution < 1.29 is 14.0 Å². The Labute approximate surface area is 201 Å². The molecular weight excluding hydrogens is 428 g/mol. The molecular formula is C27H34N4O3. The van der Waals surface area contributed by atoms with Crippen LogP contribution >= 0.6 is 0 Å². The number of amides is 3. The van der Waals surface area contributed by atoms with Gasteiger partial charge in [0.15, 0.2) is 0 Å². The van der Waals surface area contributed by atoms with E-state index in [1.807, 2.05) is 101 Å². The Kier molecular flexibility index (Phi) is 7.66. The fraction of sp³-hybridized carbons (Fsp3) is 0.333. The van der Waals surface area contributed by atoms with Gasteiger partial charge in [0, 0.05) is 43.1 Å². The van der Waals surface area contributed by atoms with Crippen molar-refractivity contribution >= 4 is 23.3 Å². The first-order chi connectivity index (χ1) is 16.0. The van der Waals surface area contributed by atoms with Gasteiger partial charge in [0.2, 0.25) is 0 Å². The molecule has 1 aromatic heterocycles. The summed E-state index contributed by atoms with van der Waals surface area (Å²) in [6, 6.07) is 16.7. The summed E-state index contributed by atoms with van der Waals surface area (Å²) in [5.41, 5.74) is 3.82. The molecule has 0 atom stereocenters. The molecule has 2 N–H and O–H groups in total. The number of furan rings is 1. The first-order valence-electron chi connectivity index (χ1n) is 11.3. The molecule has 0 bridgehead atoms. The zero-order chi connectivity index (χ0) is 24.9. The van der Waals surface area contributed by atoms with Crippen LogP contribution in [0.5, 0.6) is 0 Å². The van der Waals surface area contributed by atoms with Gasteiger partial charge < -0.3 is 24.9 Å². The third-order valence-corrected chi connectivity index (χ3v) is 5.15. The third-order valence-electron chi connectivity index (χ3n) is 5.15. The molecule has 0 fully saturated rings. The number of nitrogens with zero attached hydrogens (tertiary/aromatic N) is 2. The maximum Gasteiger partial charge on any atom is 0.319 e. The van der Waals surface area contributed by atoms with E-state index in [9.17, 15) is 9.59 Å². The van der Waals surface area contributed by atoms with E-state index in [2.05, 4.69) is 10.6 Å². The minimum Gasteiger partial charge on any atom is -0.467 e. The number of carbonyl (C=O) groups excluding carboxylic acids is 2. The van der Waals surface area contributed by atoms with E-state index in [4.69, 9.17) is 4.42 Å². The molecule has 7 nitrogen and oxygen atoms in total. The van der Waals surface area contributed by atoms with Gasteiger partial charge in [0.1, 0.15) is 5.76 Å². The highest BCUT2D eigenvalue weighted by Gasteiger charge is 2.21. The van der Waals surface area contributed by atoms with Crippen LogP contribution in [0.1, 0.15) is 48.0 Å². The Morgan fingerprint density at radius 2 is 1.74 bits per heavy atom. The highest BCUT2D eigenvalue weighted by atomic mass is 16.3. The summed E-state index contributed by atoms with van der Waals surface area (Å²) in [5, 5.41) is 5.80. The van der Waals surface area contributed by atoms with E-state index >= 15 is 0 Å². The van der Waals surface area contributed by atoms with Gasteiger partial charge in [-0.1, -0.05) is 17.7 Å². The normalized spacial score (nSPS) is 11.1. The third kappa shape index (κ3) is 6.88. The molecule has 3 aromatic rings. The van der Waals surface area contributed by atoms with Crippen LogP contribution in [0.2, 0.25) is 0 Å². The van der Waals surface area contributed by atoms with E-state index in [1.54, 1.807) is 11.2 Å². The van der Waals surface area contributed by atoms with Crippen LogP contribution in [-0.4, -0.2) is 36.5 Å². The number of anilines is 2. The maximum atomic E-state index is 13.5. The van der Waals surface area contributed by atoms with Crippen LogP contribution in [0.4, 0.5) is 16.2 Å². The number of carbonyl (C=O) groups is 2. The first kappa shape index (κ1) is 24.9. The lowest BCUT2D eigenvalue weighted by molar-refractivity contribution is 0.0718. The Bertz CT molecular complexity index is 1130. The monoisotopic (exact) mass is 462 g/mol. The second kappa shape index (κ2) is 10.5. The van der Waals surface area contributed by atoms with Gasteiger partial charge in [0.05, 0.1) is 12.8 Å². The number of hydrogen-bond donors (Lipinski definition) is 2. The van der Waals surface area contributed by atoms with Crippen molar-refractivity contribution in [3.63, 3.8) is 0 Å². The summed E-state index contributed by atoms with van der Waals surface area (Å²) in [5.74, 6) is 0.611. The van der Waals surface area contributed by atoms with Crippen LogP contribution in [-0.2, 0) is 13.1 Å². The van der Waals surface area contributed by atoms with Crippen molar-refractivity contribution in [1.29, 1.82) is 0 Å². The second-order valence-corrected chi connectivity index (χ2v) is 9.68. The molecule has 0 unspecified atom stereocenters. The molecule has 0 radical (unpaired) electrons. The van der Waals surface area contributed by atoms with Crippen molar-refractivity contribution in [3.05, 3.63) is 83.3 Å². The lowest BCUT2D eigenvalue weighted by Crippen LogP contribution is -2.43. The van der Waals surface area contributed by atoms with Crippen LogP contribution in [0.15, 0.2) is 65.3 Å². The summed E-state index contributed by atoms with van der Waals surface area (Å²) in [4.78, 5) is 29.7. The molecule has 0 aliphatic rings. The molecule has 0 saturated carbocycles. The molecule has 0 aliphatic carbocycles. The minimum atomic E-state index is -0.351.